The van der Waals surface area contributed by atoms with Crippen LogP contribution in [-0.2, 0) is 23.8 Å². The molecule has 4 fully saturated rings. The molecular formula is C20H26O6. The number of carbonyl (C=O) groups is 2. The van der Waals surface area contributed by atoms with Crippen molar-refractivity contribution < 1.29 is 29.3 Å². The Labute approximate surface area is 152 Å². The van der Waals surface area contributed by atoms with Gasteiger partial charge in [0.15, 0.2) is 11.4 Å². The quantitative estimate of drug-likeness (QED) is 0.518. The summed E-state index contributed by atoms with van der Waals surface area (Å²) in [5.41, 5.74) is 0.712. The second-order valence-corrected chi connectivity index (χ2v) is 9.42. The highest BCUT2D eigenvalue weighted by atomic mass is 16.7. The molecule has 6 aliphatic rings. The van der Waals surface area contributed by atoms with Crippen LogP contribution in [0.1, 0.15) is 46.5 Å². The molecule has 2 saturated heterocycles. The van der Waals surface area contributed by atoms with E-state index in [1.54, 1.807) is 0 Å². The van der Waals surface area contributed by atoms with E-state index in [1.165, 1.54) is 0 Å². The Hall–Kier alpha value is -1.24. The summed E-state index contributed by atoms with van der Waals surface area (Å²) in [6.45, 7) is 6.93. The molecular weight excluding hydrogens is 336 g/mol. The fraction of sp³-hybridized carbons (Fsp3) is 0.800. The fourth-order valence-corrected chi connectivity index (χ4v) is 7.00. The molecule has 0 aromatic rings. The number of rotatable bonds is 1. The average Bonchev–Trinajstić information content (AvgIpc) is 3.44. The lowest BCUT2D eigenvalue weighted by atomic mass is 9.47. The molecule has 0 amide bonds. The highest BCUT2D eigenvalue weighted by Gasteiger charge is 2.93. The first kappa shape index (κ1) is 16.9. The molecule has 2 spiro atoms. The van der Waals surface area contributed by atoms with E-state index in [0.29, 0.717) is 12.5 Å². The van der Waals surface area contributed by atoms with Gasteiger partial charge >= 0.3 is 5.97 Å². The summed E-state index contributed by atoms with van der Waals surface area (Å²) in [6, 6.07) is 0. The summed E-state index contributed by atoms with van der Waals surface area (Å²) in [4.78, 5) is 25.4. The molecule has 2 unspecified atom stereocenters. The summed E-state index contributed by atoms with van der Waals surface area (Å²) in [6.07, 6.45) is 3.32. The summed E-state index contributed by atoms with van der Waals surface area (Å²) in [5, 5.41) is 0. The van der Waals surface area contributed by atoms with E-state index in [-0.39, 0.29) is 46.7 Å². The number of ketones is 1. The lowest BCUT2D eigenvalue weighted by Gasteiger charge is -2.52. The van der Waals surface area contributed by atoms with Crippen molar-refractivity contribution in [2.24, 2.45) is 23.2 Å². The standard InChI is InChI=1S/C20H24O5.H2O/c1-9(2)11-6-15-20(25-15)18(3)5-4-10-12(8-23-17(10)22)13(18)7-14-19(20,24-14)16(11)21;/h9,11,13-15H,4-8H2,1-3H3;1H2/t11?,13?,14-,15-,18-,19+,20+;/m0./s1. The van der Waals surface area contributed by atoms with Crippen molar-refractivity contribution >= 4 is 11.8 Å². The van der Waals surface area contributed by atoms with Gasteiger partial charge in [0.25, 0.3) is 0 Å². The van der Waals surface area contributed by atoms with Gasteiger partial charge in [-0.25, -0.2) is 4.79 Å². The Balaban J connectivity index is 0.00000150. The lowest BCUT2D eigenvalue weighted by Crippen LogP contribution is -2.65. The molecule has 0 aromatic carbocycles. The zero-order valence-corrected chi connectivity index (χ0v) is 15.5. The van der Waals surface area contributed by atoms with E-state index >= 15 is 0 Å². The third kappa shape index (κ3) is 1.47. The minimum Gasteiger partial charge on any atom is -0.458 e. The third-order valence-electron chi connectivity index (χ3n) is 8.35. The van der Waals surface area contributed by atoms with Crippen LogP contribution in [0.5, 0.6) is 0 Å². The Morgan fingerprint density at radius 1 is 1.12 bits per heavy atom. The van der Waals surface area contributed by atoms with Gasteiger partial charge in [0.05, 0.1) is 12.2 Å². The van der Waals surface area contributed by atoms with Crippen molar-refractivity contribution in [3.8, 4) is 0 Å². The monoisotopic (exact) mass is 362 g/mol. The van der Waals surface area contributed by atoms with Gasteiger partial charge < -0.3 is 19.7 Å². The molecule has 3 aliphatic heterocycles. The SMILES string of the molecule is CC(C)C1C[C@@H]2O[C@@]23[C@@]2(C)CCC4=C(COC4=O)C2C[C@@H]2O[C@@]23C1=O.O. The van der Waals surface area contributed by atoms with E-state index < -0.39 is 11.2 Å². The van der Waals surface area contributed by atoms with Gasteiger partial charge in [-0.15, -0.1) is 0 Å². The predicted molar refractivity (Wildman–Crippen MR) is 90.2 cm³/mol. The van der Waals surface area contributed by atoms with Crippen LogP contribution in [0.2, 0.25) is 0 Å². The van der Waals surface area contributed by atoms with E-state index in [9.17, 15) is 9.59 Å². The highest BCUT2D eigenvalue weighted by Crippen LogP contribution is 2.78. The first-order valence-corrected chi connectivity index (χ1v) is 9.66. The van der Waals surface area contributed by atoms with Gasteiger partial charge in [0.2, 0.25) is 0 Å². The molecule has 142 valence electrons. The third-order valence-corrected chi connectivity index (χ3v) is 8.35. The average molecular weight is 362 g/mol. The minimum atomic E-state index is -0.711. The van der Waals surface area contributed by atoms with Crippen molar-refractivity contribution in [3.63, 3.8) is 0 Å². The Bertz CT molecular complexity index is 770. The van der Waals surface area contributed by atoms with Gasteiger partial charge in [-0.05, 0) is 43.1 Å². The molecule has 7 atom stereocenters. The second-order valence-electron chi connectivity index (χ2n) is 9.42. The number of hydrogen-bond acceptors (Lipinski definition) is 5. The van der Waals surface area contributed by atoms with Crippen LogP contribution in [0.3, 0.4) is 0 Å². The molecule has 6 heteroatoms. The fourth-order valence-electron chi connectivity index (χ4n) is 7.00. The van der Waals surface area contributed by atoms with Gasteiger partial charge in [0, 0.05) is 16.9 Å². The van der Waals surface area contributed by atoms with Gasteiger partial charge in [-0.1, -0.05) is 20.8 Å². The summed E-state index contributed by atoms with van der Waals surface area (Å²) < 4.78 is 18.0. The van der Waals surface area contributed by atoms with Crippen LogP contribution >= 0.6 is 0 Å². The Morgan fingerprint density at radius 2 is 1.88 bits per heavy atom. The highest BCUT2D eigenvalue weighted by molar-refractivity contribution is 5.97. The van der Waals surface area contributed by atoms with E-state index in [0.717, 1.165) is 36.8 Å². The first-order chi connectivity index (χ1) is 11.9. The van der Waals surface area contributed by atoms with Gasteiger partial charge in [-0.3, -0.25) is 4.79 Å². The number of cyclic esters (lactones) is 1. The number of carbonyl (C=O) groups excluding carboxylic acids is 2. The molecule has 6 rings (SSSR count). The predicted octanol–water partition coefficient (Wildman–Crippen LogP) is 1.36. The first-order valence-electron chi connectivity index (χ1n) is 9.66. The van der Waals surface area contributed by atoms with Crippen molar-refractivity contribution in [2.75, 3.05) is 6.61 Å². The molecule has 6 nitrogen and oxygen atoms in total. The molecule has 2 saturated carbocycles. The zero-order chi connectivity index (χ0) is 17.4. The van der Waals surface area contributed by atoms with E-state index in [2.05, 4.69) is 20.8 Å². The van der Waals surface area contributed by atoms with E-state index in [4.69, 9.17) is 14.2 Å². The molecule has 3 aliphatic carbocycles. The topological polar surface area (TPSA) is 99.9 Å². The Morgan fingerprint density at radius 3 is 2.62 bits per heavy atom. The maximum atomic E-state index is 13.4. The van der Waals surface area contributed by atoms with Crippen molar-refractivity contribution in [2.45, 2.75) is 69.9 Å². The van der Waals surface area contributed by atoms with Crippen LogP contribution in [0.15, 0.2) is 11.1 Å². The summed E-state index contributed by atoms with van der Waals surface area (Å²) >= 11 is 0. The molecule has 0 bridgehead atoms. The van der Waals surface area contributed by atoms with Crippen molar-refractivity contribution in [3.05, 3.63) is 11.1 Å². The summed E-state index contributed by atoms with van der Waals surface area (Å²) in [7, 11) is 0. The number of ether oxygens (including phenoxy) is 3. The normalized spacial score (nSPS) is 52.9. The second kappa shape index (κ2) is 4.59. The number of fused-ring (bicyclic) bond motifs is 2. The zero-order valence-electron chi connectivity index (χ0n) is 15.5. The van der Waals surface area contributed by atoms with Crippen LogP contribution in [0.4, 0.5) is 0 Å². The number of esters is 1. The van der Waals surface area contributed by atoms with Crippen molar-refractivity contribution in [1.82, 2.24) is 0 Å². The Kier molecular flexibility index (Phi) is 2.99. The van der Waals surface area contributed by atoms with Gasteiger partial charge in [-0.2, -0.15) is 0 Å². The smallest absolute Gasteiger partial charge is 0.334 e. The molecule has 0 aromatic heterocycles. The number of Topliss-reactive ketones (excluding diaryl/α,β-unsaturated/α-hetero) is 1. The molecule has 26 heavy (non-hydrogen) atoms. The minimum absolute atomic E-state index is 0. The van der Waals surface area contributed by atoms with Crippen LogP contribution in [-0.4, -0.2) is 47.2 Å². The maximum Gasteiger partial charge on any atom is 0.334 e. The largest absolute Gasteiger partial charge is 0.458 e. The van der Waals surface area contributed by atoms with Crippen LogP contribution in [0, 0.1) is 23.2 Å². The molecule has 0 radical (unpaired) electrons. The van der Waals surface area contributed by atoms with Crippen LogP contribution in [0.25, 0.3) is 0 Å². The summed E-state index contributed by atoms with van der Waals surface area (Å²) in [5.74, 6) is 0.730. The maximum absolute atomic E-state index is 13.4. The van der Waals surface area contributed by atoms with Crippen LogP contribution < -0.4 is 0 Å². The van der Waals surface area contributed by atoms with E-state index in [1.807, 2.05) is 0 Å². The van der Waals surface area contributed by atoms with Crippen molar-refractivity contribution in [1.29, 1.82) is 0 Å². The number of epoxide rings is 2. The van der Waals surface area contributed by atoms with Gasteiger partial charge in [0.1, 0.15) is 12.2 Å². The molecule has 2 N–H and O–H groups in total. The number of hydrogen-bond donors (Lipinski definition) is 0. The lowest BCUT2D eigenvalue weighted by molar-refractivity contribution is -0.139. The molecule has 3 heterocycles.